The van der Waals surface area contributed by atoms with Crippen LogP contribution in [0.4, 0.5) is 18.9 Å². The van der Waals surface area contributed by atoms with E-state index < -0.39 is 26.1 Å². The Labute approximate surface area is 251 Å². The second-order valence-electron chi connectivity index (χ2n) is 13.0. The van der Waals surface area contributed by atoms with Crippen LogP contribution in [0.2, 0.25) is 18.1 Å². The second-order valence-corrected chi connectivity index (χ2v) is 17.8. The van der Waals surface area contributed by atoms with E-state index >= 15 is 0 Å². The topological polar surface area (TPSA) is 82.6 Å². The smallest absolute Gasteiger partial charge is 0.433 e. The molecule has 7 nitrogen and oxygen atoms in total. The molecule has 2 atom stereocenters. The molecule has 5 rings (SSSR count). The molecule has 43 heavy (non-hydrogen) atoms. The van der Waals surface area contributed by atoms with Crippen LogP contribution in [0.5, 0.6) is 5.88 Å². The lowest BCUT2D eigenvalue weighted by Crippen LogP contribution is -2.41. The molecule has 0 bridgehead atoms. The number of alkyl halides is 3. The minimum atomic E-state index is -4.65. The van der Waals surface area contributed by atoms with Crippen molar-refractivity contribution in [3.63, 3.8) is 0 Å². The Balaban J connectivity index is 1.40. The Kier molecular flexibility index (Phi) is 8.21. The van der Waals surface area contributed by atoms with Crippen LogP contribution in [0.25, 0.3) is 11.1 Å². The number of pyridine rings is 2. The molecule has 0 radical (unpaired) electrons. The molecule has 2 fully saturated rings. The predicted octanol–water partition coefficient (Wildman–Crippen LogP) is 7.41. The number of carbonyl (C=O) groups is 1. The molecule has 1 saturated heterocycles. The van der Waals surface area contributed by atoms with Gasteiger partial charge < -0.3 is 19.2 Å². The molecule has 1 saturated carbocycles. The number of ether oxygens (including phenoxy) is 2. The molecular formula is C32H38F3N3O4Si. The van der Waals surface area contributed by atoms with Crippen molar-refractivity contribution in [3.8, 4) is 17.0 Å². The maximum Gasteiger partial charge on any atom is 0.433 e. The van der Waals surface area contributed by atoms with Crippen LogP contribution in [0.15, 0.2) is 48.7 Å². The lowest BCUT2D eigenvalue weighted by molar-refractivity contribution is -0.141. The number of rotatable bonds is 9. The van der Waals surface area contributed by atoms with Gasteiger partial charge in [0.25, 0.3) is 5.91 Å². The second kappa shape index (κ2) is 11.3. The minimum absolute atomic E-state index is 0.0942. The zero-order valence-electron chi connectivity index (χ0n) is 25.4. The summed E-state index contributed by atoms with van der Waals surface area (Å²) in [6.45, 7) is 15.1. The third kappa shape index (κ3) is 6.63. The first-order chi connectivity index (χ1) is 20.1. The average Bonchev–Trinajstić information content (AvgIpc) is 3.50. The number of aromatic nitrogens is 2. The molecule has 230 valence electrons. The molecule has 3 aromatic rings. The molecule has 3 heterocycles. The normalized spacial score (nSPS) is 20.1. The quantitative estimate of drug-likeness (QED) is 0.200. The summed E-state index contributed by atoms with van der Waals surface area (Å²) >= 11 is 0. The number of halogens is 3. The summed E-state index contributed by atoms with van der Waals surface area (Å²) in [5.41, 5.74) is 2.67. The van der Waals surface area contributed by atoms with E-state index in [-0.39, 0.29) is 16.0 Å². The Morgan fingerprint density at radius 3 is 2.53 bits per heavy atom. The maximum atomic E-state index is 13.1. The molecule has 1 N–H and O–H groups in total. The molecule has 2 unspecified atom stereocenters. The minimum Gasteiger partial charge on any atom is -0.475 e. The first kappa shape index (κ1) is 31.2. The molecule has 2 aliphatic rings. The van der Waals surface area contributed by atoms with Gasteiger partial charge in [0.2, 0.25) is 5.88 Å². The highest BCUT2D eigenvalue weighted by molar-refractivity contribution is 6.74. The van der Waals surface area contributed by atoms with E-state index in [0.29, 0.717) is 43.9 Å². The van der Waals surface area contributed by atoms with Gasteiger partial charge in [0, 0.05) is 28.9 Å². The third-order valence-electron chi connectivity index (χ3n) is 8.94. The Bertz CT molecular complexity index is 1520. The number of anilines is 1. The fraction of sp³-hybridized carbons (Fsp3) is 0.469. The van der Waals surface area contributed by atoms with Gasteiger partial charge in [0.05, 0.1) is 25.5 Å². The number of hydrogen-bond acceptors (Lipinski definition) is 6. The number of benzene rings is 1. The molecule has 2 aromatic heterocycles. The number of amides is 1. The summed E-state index contributed by atoms with van der Waals surface area (Å²) < 4.78 is 57.6. The monoisotopic (exact) mass is 613 g/mol. The first-order valence-electron chi connectivity index (χ1n) is 14.4. The predicted molar refractivity (Wildman–Crippen MR) is 161 cm³/mol. The lowest BCUT2D eigenvalue weighted by Gasteiger charge is -2.36. The van der Waals surface area contributed by atoms with Crippen molar-refractivity contribution in [1.82, 2.24) is 9.97 Å². The van der Waals surface area contributed by atoms with Crippen molar-refractivity contribution in [2.24, 2.45) is 5.92 Å². The number of hydrogen-bond donors (Lipinski definition) is 1. The highest BCUT2D eigenvalue weighted by Gasteiger charge is 2.60. The maximum absolute atomic E-state index is 13.1. The van der Waals surface area contributed by atoms with Gasteiger partial charge in [-0.3, -0.25) is 9.78 Å². The van der Waals surface area contributed by atoms with Gasteiger partial charge in [-0.1, -0.05) is 26.8 Å². The van der Waals surface area contributed by atoms with Crippen molar-refractivity contribution in [2.75, 3.05) is 31.7 Å². The summed E-state index contributed by atoms with van der Waals surface area (Å²) in [5.74, 6) is 0.258. The molecule has 1 amide bonds. The number of nitrogens with one attached hydrogen (secondary N) is 1. The summed E-state index contributed by atoms with van der Waals surface area (Å²) in [4.78, 5) is 21.1. The zero-order chi connectivity index (χ0) is 31.2. The standard InChI is InChI=1S/C32H38F3N3O4Si/c1-20-7-8-24(37-29(39)21-9-10-36-27(13-21)32(33,34)35)16-25(20)22-14-26(31-17-23(31)18-40-19-31)38-28(15-22)41-11-12-42-43(5,6)30(2,3)4/h7-10,13-16,23H,11-12,17-19H2,1-6H3,(H,37,39). The van der Waals surface area contributed by atoms with Gasteiger partial charge in [-0.15, -0.1) is 0 Å². The van der Waals surface area contributed by atoms with E-state index in [0.717, 1.165) is 41.1 Å². The molecule has 11 heteroatoms. The van der Waals surface area contributed by atoms with Gasteiger partial charge in [-0.2, -0.15) is 13.2 Å². The van der Waals surface area contributed by atoms with Gasteiger partial charge in [-0.05, 0) is 84.4 Å². The number of aryl methyl sites for hydroxylation is 1. The van der Waals surface area contributed by atoms with Crippen LogP contribution in [-0.2, 0) is 20.8 Å². The molecule has 1 aliphatic heterocycles. The molecule has 1 aromatic carbocycles. The van der Waals surface area contributed by atoms with Gasteiger partial charge in [0.1, 0.15) is 12.3 Å². The molecular weight excluding hydrogens is 575 g/mol. The van der Waals surface area contributed by atoms with Crippen LogP contribution in [0.3, 0.4) is 0 Å². The van der Waals surface area contributed by atoms with E-state index in [9.17, 15) is 18.0 Å². The number of carbonyl (C=O) groups excluding carboxylic acids is 1. The zero-order valence-corrected chi connectivity index (χ0v) is 26.4. The van der Waals surface area contributed by atoms with Crippen LogP contribution in [-0.4, -0.2) is 50.6 Å². The molecule has 0 spiro atoms. The lowest BCUT2D eigenvalue weighted by atomic mass is 9.95. The van der Waals surface area contributed by atoms with E-state index in [1.54, 1.807) is 6.07 Å². The van der Waals surface area contributed by atoms with E-state index in [2.05, 4.69) is 50.2 Å². The van der Waals surface area contributed by atoms with Gasteiger partial charge >= 0.3 is 6.18 Å². The fourth-order valence-corrected chi connectivity index (χ4v) is 6.16. The van der Waals surface area contributed by atoms with E-state index in [1.165, 1.54) is 6.07 Å². The summed E-state index contributed by atoms with van der Waals surface area (Å²) in [6.07, 6.45) is -2.65. The molecule has 1 aliphatic carbocycles. The third-order valence-corrected chi connectivity index (χ3v) is 13.5. The van der Waals surface area contributed by atoms with Crippen molar-refractivity contribution < 1.29 is 31.9 Å². The van der Waals surface area contributed by atoms with Gasteiger partial charge in [0.15, 0.2) is 8.32 Å². The fourth-order valence-electron chi connectivity index (χ4n) is 5.14. The number of nitrogens with zero attached hydrogens (tertiary/aromatic N) is 2. The van der Waals surface area contributed by atoms with E-state index in [1.807, 2.05) is 25.1 Å². The van der Waals surface area contributed by atoms with Crippen molar-refractivity contribution in [2.45, 2.75) is 63.8 Å². The van der Waals surface area contributed by atoms with Gasteiger partial charge in [-0.25, -0.2) is 4.98 Å². The Morgan fingerprint density at radius 1 is 1.12 bits per heavy atom. The van der Waals surface area contributed by atoms with Crippen molar-refractivity contribution in [1.29, 1.82) is 0 Å². The summed E-state index contributed by atoms with van der Waals surface area (Å²) in [7, 11) is -1.92. The van der Waals surface area contributed by atoms with Crippen molar-refractivity contribution in [3.05, 3.63) is 71.2 Å². The largest absolute Gasteiger partial charge is 0.475 e. The highest BCUT2D eigenvalue weighted by atomic mass is 28.4. The summed E-state index contributed by atoms with van der Waals surface area (Å²) in [6, 6.07) is 11.3. The highest BCUT2D eigenvalue weighted by Crippen LogP contribution is 2.58. The van der Waals surface area contributed by atoms with Crippen LogP contribution in [0.1, 0.15) is 54.5 Å². The number of fused-ring (bicyclic) bond motifs is 1. The SMILES string of the molecule is Cc1ccc(NC(=O)c2ccnc(C(F)(F)F)c2)cc1-c1cc(OCCO[Si](C)(C)C(C)(C)C)nc(C23COCC2C3)c1. The Morgan fingerprint density at radius 2 is 1.88 bits per heavy atom. The average molecular weight is 614 g/mol. The van der Waals surface area contributed by atoms with Crippen molar-refractivity contribution >= 4 is 19.9 Å². The van der Waals surface area contributed by atoms with Crippen LogP contribution in [0, 0.1) is 12.8 Å². The first-order valence-corrected chi connectivity index (χ1v) is 17.3. The van der Waals surface area contributed by atoms with E-state index in [4.69, 9.17) is 18.9 Å². The van der Waals surface area contributed by atoms with Crippen LogP contribution >= 0.6 is 0 Å². The Hall–Kier alpha value is -3.28. The summed E-state index contributed by atoms with van der Waals surface area (Å²) in [5, 5.41) is 2.82. The van der Waals surface area contributed by atoms with Crippen LogP contribution < -0.4 is 10.1 Å².